The summed E-state index contributed by atoms with van der Waals surface area (Å²) in [6.45, 7) is 0.316. The Morgan fingerprint density at radius 2 is 2.05 bits per heavy atom. The Morgan fingerprint density at radius 1 is 1.32 bits per heavy atom. The second-order valence-electron chi connectivity index (χ2n) is 5.70. The fourth-order valence-corrected chi connectivity index (χ4v) is 4.21. The van der Waals surface area contributed by atoms with E-state index in [1.165, 1.54) is 0 Å². The average Bonchev–Trinajstić information content (AvgIpc) is 3.03. The summed E-state index contributed by atoms with van der Waals surface area (Å²) < 4.78 is 30.2. The van der Waals surface area contributed by atoms with Gasteiger partial charge in [0.1, 0.15) is 0 Å². The minimum Gasteiger partial charge on any atom is -0.476 e. The molecule has 1 aliphatic rings. The molecular formula is C13H19ClN4O3S. The van der Waals surface area contributed by atoms with E-state index in [-0.39, 0.29) is 23.6 Å². The molecule has 2 N–H and O–H groups in total. The van der Waals surface area contributed by atoms with Crippen molar-refractivity contribution in [3.8, 4) is 5.88 Å². The van der Waals surface area contributed by atoms with Crippen molar-refractivity contribution in [1.82, 2.24) is 14.6 Å². The molecule has 0 amide bonds. The predicted molar refractivity (Wildman–Crippen MR) is 84.6 cm³/mol. The number of ether oxygens (including phenoxy) is 1. The lowest BCUT2D eigenvalue weighted by molar-refractivity contribution is 0.163. The van der Waals surface area contributed by atoms with Crippen molar-refractivity contribution in [3.63, 3.8) is 0 Å². The number of sulfonamides is 1. The number of imidazole rings is 1. The Morgan fingerprint density at radius 3 is 2.73 bits per heavy atom. The van der Waals surface area contributed by atoms with E-state index in [1.807, 2.05) is 6.07 Å². The van der Waals surface area contributed by atoms with Crippen LogP contribution in [0.5, 0.6) is 5.88 Å². The van der Waals surface area contributed by atoms with Crippen LogP contribution in [0.15, 0.2) is 24.5 Å². The van der Waals surface area contributed by atoms with Crippen LogP contribution in [-0.2, 0) is 10.0 Å². The van der Waals surface area contributed by atoms with Gasteiger partial charge in [0.2, 0.25) is 15.9 Å². The Balaban J connectivity index is 0.00000176. The number of halogens is 1. The molecule has 0 unspecified atom stereocenters. The molecule has 2 heterocycles. The van der Waals surface area contributed by atoms with Crippen molar-refractivity contribution in [2.45, 2.75) is 25.7 Å². The third-order valence-electron chi connectivity index (χ3n) is 3.93. The minimum absolute atomic E-state index is 0. The Hall–Kier alpha value is -1.38. The van der Waals surface area contributed by atoms with Crippen molar-refractivity contribution in [1.29, 1.82) is 0 Å². The molecular weight excluding hydrogens is 328 g/mol. The van der Waals surface area contributed by atoms with Crippen molar-refractivity contribution in [3.05, 3.63) is 24.5 Å². The molecule has 0 atom stereocenters. The van der Waals surface area contributed by atoms with E-state index >= 15 is 0 Å². The molecule has 1 aliphatic carbocycles. The number of rotatable bonds is 5. The van der Waals surface area contributed by atoms with Crippen LogP contribution in [0, 0.1) is 5.41 Å². The first-order valence-electron chi connectivity index (χ1n) is 6.90. The largest absolute Gasteiger partial charge is 0.476 e. The molecule has 0 saturated heterocycles. The average molecular weight is 347 g/mol. The van der Waals surface area contributed by atoms with E-state index < -0.39 is 10.0 Å². The first-order valence-corrected chi connectivity index (χ1v) is 8.61. The Kier molecular flexibility index (Phi) is 4.93. The zero-order valence-corrected chi connectivity index (χ0v) is 13.6. The number of nitrogens with two attached hydrogens (primary N) is 1. The zero-order chi connectivity index (χ0) is 14.9. The van der Waals surface area contributed by atoms with Crippen LogP contribution >= 0.6 is 12.4 Å². The molecule has 0 spiro atoms. The van der Waals surface area contributed by atoms with Crippen molar-refractivity contribution >= 4 is 28.1 Å². The van der Waals surface area contributed by atoms with Crippen molar-refractivity contribution in [2.24, 2.45) is 10.6 Å². The van der Waals surface area contributed by atoms with Gasteiger partial charge in [-0.25, -0.2) is 23.1 Å². The first kappa shape index (κ1) is 17.0. The van der Waals surface area contributed by atoms with Crippen LogP contribution in [-0.4, -0.2) is 35.4 Å². The molecule has 2 aromatic heterocycles. The smallest absolute Gasteiger partial charge is 0.231 e. The summed E-state index contributed by atoms with van der Waals surface area (Å²) in [6, 6.07) is 3.55. The molecule has 0 bridgehead atoms. The van der Waals surface area contributed by atoms with Gasteiger partial charge >= 0.3 is 0 Å². The van der Waals surface area contributed by atoms with Gasteiger partial charge in [0, 0.05) is 23.9 Å². The first-order chi connectivity index (χ1) is 9.96. The highest BCUT2D eigenvalue weighted by molar-refractivity contribution is 7.89. The third-order valence-corrected chi connectivity index (χ3v) is 4.94. The van der Waals surface area contributed by atoms with Gasteiger partial charge in [0.15, 0.2) is 5.65 Å². The van der Waals surface area contributed by atoms with Gasteiger partial charge in [-0.1, -0.05) is 12.8 Å². The maximum atomic E-state index is 11.4. The molecule has 1 fully saturated rings. The van der Waals surface area contributed by atoms with E-state index in [0.717, 1.165) is 31.3 Å². The summed E-state index contributed by atoms with van der Waals surface area (Å²) in [5.74, 6) is 0.425. The molecule has 7 nitrogen and oxygen atoms in total. The van der Waals surface area contributed by atoms with Crippen LogP contribution in [0.2, 0.25) is 0 Å². The standard InChI is InChI=1S/C13H18N4O3S.ClH/c14-21(18,19)10-13(5-1-2-6-13)9-20-12-4-3-11-15-7-8-17(11)16-12;/h3-4,7-8H,1-2,5-6,9-10H2,(H2,14,18,19);1H. The Bertz CT molecular complexity index is 741. The maximum absolute atomic E-state index is 11.4. The van der Waals surface area contributed by atoms with E-state index in [9.17, 15) is 8.42 Å². The van der Waals surface area contributed by atoms with E-state index in [1.54, 1.807) is 23.0 Å². The second-order valence-corrected chi connectivity index (χ2v) is 7.32. The van der Waals surface area contributed by atoms with Gasteiger partial charge in [-0.05, 0) is 18.9 Å². The number of aromatic nitrogens is 3. The van der Waals surface area contributed by atoms with Gasteiger partial charge in [-0.3, -0.25) is 0 Å². The van der Waals surface area contributed by atoms with Gasteiger partial charge < -0.3 is 4.74 Å². The maximum Gasteiger partial charge on any atom is 0.231 e. The lowest BCUT2D eigenvalue weighted by Crippen LogP contribution is -2.36. The van der Waals surface area contributed by atoms with Crippen molar-refractivity contribution < 1.29 is 13.2 Å². The summed E-state index contributed by atoms with van der Waals surface area (Å²) in [5.41, 5.74) is 0.349. The molecule has 9 heteroatoms. The SMILES string of the molecule is Cl.NS(=O)(=O)CC1(COc2ccc3nccn3n2)CCCC1. The monoisotopic (exact) mass is 346 g/mol. The molecule has 122 valence electrons. The summed E-state index contributed by atoms with van der Waals surface area (Å²) in [4.78, 5) is 4.11. The lowest BCUT2D eigenvalue weighted by Gasteiger charge is -2.27. The molecule has 3 rings (SSSR count). The molecule has 22 heavy (non-hydrogen) atoms. The highest BCUT2D eigenvalue weighted by Gasteiger charge is 2.38. The molecule has 0 radical (unpaired) electrons. The van der Waals surface area contributed by atoms with E-state index in [2.05, 4.69) is 10.1 Å². The summed E-state index contributed by atoms with van der Waals surface area (Å²) in [6.07, 6.45) is 7.04. The molecule has 2 aromatic rings. The highest BCUT2D eigenvalue weighted by atomic mass is 35.5. The van der Waals surface area contributed by atoms with E-state index in [0.29, 0.717) is 12.5 Å². The van der Waals surface area contributed by atoms with Gasteiger partial charge in [0.25, 0.3) is 0 Å². The zero-order valence-electron chi connectivity index (χ0n) is 12.0. The molecule has 0 aliphatic heterocycles. The number of fused-ring (bicyclic) bond motifs is 1. The normalized spacial score (nSPS) is 17.3. The topological polar surface area (TPSA) is 99.6 Å². The van der Waals surface area contributed by atoms with Crippen LogP contribution in [0.4, 0.5) is 0 Å². The summed E-state index contributed by atoms with van der Waals surface area (Å²) in [5, 5.41) is 9.49. The van der Waals surface area contributed by atoms with Gasteiger partial charge in [-0.2, -0.15) is 0 Å². The minimum atomic E-state index is -3.51. The number of nitrogens with zero attached hydrogens (tertiary/aromatic N) is 3. The lowest BCUT2D eigenvalue weighted by atomic mass is 9.90. The van der Waals surface area contributed by atoms with Gasteiger partial charge in [0.05, 0.1) is 12.4 Å². The number of primary sulfonamides is 1. The fraction of sp³-hybridized carbons (Fsp3) is 0.538. The third kappa shape index (κ3) is 3.88. The summed E-state index contributed by atoms with van der Waals surface area (Å²) in [7, 11) is -3.51. The highest BCUT2D eigenvalue weighted by Crippen LogP contribution is 2.39. The van der Waals surface area contributed by atoms with Crippen LogP contribution in [0.1, 0.15) is 25.7 Å². The fourth-order valence-electron chi connectivity index (χ4n) is 2.98. The second kappa shape index (κ2) is 6.39. The summed E-state index contributed by atoms with van der Waals surface area (Å²) >= 11 is 0. The van der Waals surface area contributed by atoms with Crippen LogP contribution < -0.4 is 9.88 Å². The van der Waals surface area contributed by atoms with Crippen LogP contribution in [0.25, 0.3) is 5.65 Å². The quantitative estimate of drug-likeness (QED) is 0.881. The molecule has 0 aromatic carbocycles. The molecule has 1 saturated carbocycles. The van der Waals surface area contributed by atoms with E-state index in [4.69, 9.17) is 9.88 Å². The van der Waals surface area contributed by atoms with Crippen LogP contribution in [0.3, 0.4) is 0 Å². The predicted octanol–water partition coefficient (Wildman–Crippen LogP) is 1.38. The van der Waals surface area contributed by atoms with Gasteiger partial charge in [-0.15, -0.1) is 17.5 Å². The number of hydrogen-bond donors (Lipinski definition) is 1. The Labute approximate surface area is 135 Å². The van der Waals surface area contributed by atoms with Crippen molar-refractivity contribution in [2.75, 3.05) is 12.4 Å². The number of hydrogen-bond acceptors (Lipinski definition) is 5.